The van der Waals surface area contributed by atoms with E-state index in [1.54, 1.807) is 12.1 Å². The maximum absolute atomic E-state index is 13.1. The third-order valence-electron chi connectivity index (χ3n) is 5.32. The molecule has 0 aromatic heterocycles. The average Bonchev–Trinajstić information content (AvgIpc) is 2.97. The number of hydrogen-bond donors (Lipinski definition) is 1. The van der Waals surface area contributed by atoms with Crippen molar-refractivity contribution in [3.63, 3.8) is 0 Å². The normalized spacial score (nSPS) is 23.5. The van der Waals surface area contributed by atoms with Gasteiger partial charge in [0, 0.05) is 30.7 Å². The van der Waals surface area contributed by atoms with Crippen molar-refractivity contribution in [1.29, 1.82) is 0 Å². The first-order chi connectivity index (χ1) is 12.5. The summed E-state index contributed by atoms with van der Waals surface area (Å²) >= 11 is 6.41. The lowest BCUT2D eigenvalue weighted by molar-refractivity contribution is 0.0681. The molecule has 27 heavy (non-hydrogen) atoms. The van der Waals surface area contributed by atoms with Gasteiger partial charge in [-0.05, 0) is 51.2 Å². The summed E-state index contributed by atoms with van der Waals surface area (Å²) in [5.74, 6) is 1.05. The fraction of sp³-hybridized carbons (Fsp3) is 0.650. The van der Waals surface area contributed by atoms with Gasteiger partial charge >= 0.3 is 0 Å². The smallest absolute Gasteiger partial charge is 0.254 e. The molecule has 5 nitrogen and oxygen atoms in total. The highest BCUT2D eigenvalue weighted by Gasteiger charge is 2.36. The van der Waals surface area contributed by atoms with Gasteiger partial charge in [-0.1, -0.05) is 18.5 Å². The van der Waals surface area contributed by atoms with Crippen LogP contribution in [0.15, 0.2) is 12.1 Å². The third-order valence-corrected chi connectivity index (χ3v) is 5.60. The fourth-order valence-corrected chi connectivity index (χ4v) is 4.28. The Balaban J connectivity index is 0.00000261. The lowest BCUT2D eigenvalue weighted by Gasteiger charge is -2.35. The van der Waals surface area contributed by atoms with Crippen LogP contribution in [0.25, 0.3) is 0 Å². The van der Waals surface area contributed by atoms with E-state index >= 15 is 0 Å². The number of ether oxygens (including phenoxy) is 2. The summed E-state index contributed by atoms with van der Waals surface area (Å²) in [4.78, 5) is 14.9. The van der Waals surface area contributed by atoms with E-state index in [9.17, 15) is 4.79 Å². The highest BCUT2D eigenvalue weighted by atomic mass is 35.5. The van der Waals surface area contributed by atoms with Gasteiger partial charge < -0.3 is 19.7 Å². The molecule has 2 aliphatic rings. The average molecular weight is 417 g/mol. The fourth-order valence-electron chi connectivity index (χ4n) is 4.01. The molecule has 1 aromatic rings. The van der Waals surface area contributed by atoms with Crippen LogP contribution in [0.4, 0.5) is 0 Å². The highest BCUT2D eigenvalue weighted by Crippen LogP contribution is 2.38. The molecule has 2 aliphatic heterocycles. The van der Waals surface area contributed by atoms with Gasteiger partial charge in [-0.25, -0.2) is 0 Å². The van der Waals surface area contributed by atoms with Gasteiger partial charge in [0.05, 0.1) is 18.2 Å². The Hall–Kier alpha value is -1.17. The number of rotatable bonds is 7. The van der Waals surface area contributed by atoms with Gasteiger partial charge in [0.15, 0.2) is 11.5 Å². The van der Waals surface area contributed by atoms with Crippen LogP contribution in [-0.2, 0) is 0 Å². The quantitative estimate of drug-likeness (QED) is 0.719. The molecule has 2 atom stereocenters. The Morgan fingerprint density at radius 3 is 2.48 bits per heavy atom. The minimum Gasteiger partial charge on any atom is -0.490 e. The summed E-state index contributed by atoms with van der Waals surface area (Å²) in [6.07, 6.45) is 5.34. The van der Waals surface area contributed by atoms with Crippen molar-refractivity contribution in [2.24, 2.45) is 0 Å². The number of piperidine rings is 1. The van der Waals surface area contributed by atoms with Crippen molar-refractivity contribution >= 4 is 29.9 Å². The summed E-state index contributed by atoms with van der Waals surface area (Å²) < 4.78 is 11.4. The Kier molecular flexibility index (Phi) is 8.07. The minimum absolute atomic E-state index is 0. The van der Waals surface area contributed by atoms with E-state index in [1.165, 1.54) is 12.8 Å². The zero-order valence-electron chi connectivity index (χ0n) is 16.3. The van der Waals surface area contributed by atoms with E-state index < -0.39 is 0 Å². The summed E-state index contributed by atoms with van der Waals surface area (Å²) in [6.45, 7) is 4.99. The predicted octanol–water partition coefficient (Wildman–Crippen LogP) is 4.30. The number of benzene rings is 1. The van der Waals surface area contributed by atoms with Crippen LogP contribution >= 0.6 is 24.0 Å². The molecular weight excluding hydrogens is 387 g/mol. The second-order valence-corrected chi connectivity index (χ2v) is 7.65. The van der Waals surface area contributed by atoms with Crippen molar-refractivity contribution in [2.75, 3.05) is 20.3 Å². The summed E-state index contributed by atoms with van der Waals surface area (Å²) in [5, 5.41) is 4.04. The van der Waals surface area contributed by atoms with Crippen LogP contribution in [-0.4, -0.2) is 49.2 Å². The van der Waals surface area contributed by atoms with Crippen molar-refractivity contribution in [1.82, 2.24) is 10.2 Å². The molecule has 2 fully saturated rings. The van der Waals surface area contributed by atoms with Gasteiger partial charge in [-0.3, -0.25) is 4.79 Å². The van der Waals surface area contributed by atoms with Crippen molar-refractivity contribution in [3.8, 4) is 11.5 Å². The maximum Gasteiger partial charge on any atom is 0.254 e. The summed E-state index contributed by atoms with van der Waals surface area (Å²) in [5.41, 5.74) is 0.552. The standard InChI is InChI=1S/C20H29ClN2O3.ClH/c1-4-8-26-19-17(21)9-13(10-18(19)25-5-2)20(24)23(3)16-11-14-6-7-15(12-16)22-14;/h9-10,14-16,22H,4-8,11-12H2,1-3H3;1H. The molecular formula is C20H30Cl2N2O3. The van der Waals surface area contributed by atoms with Gasteiger partial charge in [-0.2, -0.15) is 0 Å². The second kappa shape index (κ2) is 9.85. The van der Waals surface area contributed by atoms with Crippen molar-refractivity contribution < 1.29 is 14.3 Å². The Morgan fingerprint density at radius 1 is 1.22 bits per heavy atom. The summed E-state index contributed by atoms with van der Waals surface area (Å²) in [7, 11) is 1.90. The van der Waals surface area contributed by atoms with Gasteiger partial charge in [0.1, 0.15) is 0 Å². The first-order valence-corrected chi connectivity index (χ1v) is 10.0. The van der Waals surface area contributed by atoms with Crippen LogP contribution < -0.4 is 14.8 Å². The minimum atomic E-state index is -0.0128. The van der Waals surface area contributed by atoms with Crippen molar-refractivity contribution in [3.05, 3.63) is 22.7 Å². The Bertz CT molecular complexity index is 644. The molecule has 2 bridgehead atoms. The lowest BCUT2D eigenvalue weighted by atomic mass is 9.98. The van der Waals surface area contributed by atoms with E-state index in [-0.39, 0.29) is 24.4 Å². The highest BCUT2D eigenvalue weighted by molar-refractivity contribution is 6.32. The molecule has 0 radical (unpaired) electrons. The maximum atomic E-state index is 13.1. The van der Waals surface area contributed by atoms with Crippen molar-refractivity contribution in [2.45, 2.75) is 64.1 Å². The predicted molar refractivity (Wildman–Crippen MR) is 111 cm³/mol. The molecule has 2 heterocycles. The van der Waals surface area contributed by atoms with Gasteiger partial charge in [0.2, 0.25) is 0 Å². The van der Waals surface area contributed by atoms with E-state index in [1.807, 2.05) is 25.8 Å². The molecule has 7 heteroatoms. The number of fused-ring (bicyclic) bond motifs is 2. The number of nitrogens with zero attached hydrogens (tertiary/aromatic N) is 1. The van der Waals surface area contributed by atoms with Gasteiger partial charge in [-0.15, -0.1) is 12.4 Å². The number of nitrogens with one attached hydrogen (secondary N) is 1. The number of halogens is 2. The number of carbonyl (C=O) groups excluding carboxylic acids is 1. The molecule has 0 saturated carbocycles. The van der Waals surface area contributed by atoms with Crippen LogP contribution in [0.3, 0.4) is 0 Å². The molecule has 1 N–H and O–H groups in total. The molecule has 152 valence electrons. The molecule has 1 aromatic carbocycles. The largest absolute Gasteiger partial charge is 0.490 e. The van der Waals surface area contributed by atoms with E-state index in [0.717, 1.165) is 19.3 Å². The lowest BCUT2D eigenvalue weighted by Crippen LogP contribution is -2.48. The molecule has 1 amide bonds. The molecule has 3 rings (SSSR count). The molecule has 2 saturated heterocycles. The SMILES string of the molecule is CCCOc1c(Cl)cc(C(=O)N(C)C2CC3CCC(C2)N3)cc1OCC.Cl. The number of hydrogen-bond acceptors (Lipinski definition) is 4. The summed E-state index contributed by atoms with van der Waals surface area (Å²) in [6, 6.07) is 4.81. The first-order valence-electron chi connectivity index (χ1n) is 9.65. The van der Waals surface area contributed by atoms with Crippen LogP contribution in [0.2, 0.25) is 5.02 Å². The van der Waals surface area contributed by atoms with E-state index in [4.69, 9.17) is 21.1 Å². The molecule has 2 unspecified atom stereocenters. The molecule has 0 aliphatic carbocycles. The van der Waals surface area contributed by atoms with E-state index in [0.29, 0.717) is 47.4 Å². The topological polar surface area (TPSA) is 50.8 Å². The zero-order chi connectivity index (χ0) is 18.7. The monoisotopic (exact) mass is 416 g/mol. The van der Waals surface area contributed by atoms with Gasteiger partial charge in [0.25, 0.3) is 5.91 Å². The number of carbonyl (C=O) groups is 1. The molecule has 0 spiro atoms. The van der Waals surface area contributed by atoms with Crippen LogP contribution in [0, 0.1) is 0 Å². The zero-order valence-corrected chi connectivity index (χ0v) is 17.9. The first kappa shape index (κ1) is 22.1. The second-order valence-electron chi connectivity index (χ2n) is 7.25. The Morgan fingerprint density at radius 2 is 1.89 bits per heavy atom. The van der Waals surface area contributed by atoms with Crippen LogP contribution in [0.5, 0.6) is 11.5 Å². The third kappa shape index (κ3) is 5.01. The van der Waals surface area contributed by atoms with E-state index in [2.05, 4.69) is 5.32 Å². The van der Waals surface area contributed by atoms with Crippen LogP contribution in [0.1, 0.15) is 56.3 Å². The Labute approximate surface area is 173 Å². The number of amides is 1.